The molecule has 1 aromatic heterocycles. The molecule has 1 heterocycles. The predicted molar refractivity (Wildman–Crippen MR) is 70.6 cm³/mol. The lowest BCUT2D eigenvalue weighted by Gasteiger charge is -2.08. The summed E-state index contributed by atoms with van der Waals surface area (Å²) >= 11 is 0. The summed E-state index contributed by atoms with van der Waals surface area (Å²) in [5, 5.41) is 12.7. The molecule has 0 fully saturated rings. The maximum absolute atomic E-state index is 9.48. The Morgan fingerprint density at radius 3 is 2.78 bits per heavy atom. The van der Waals surface area contributed by atoms with E-state index in [0.29, 0.717) is 18.1 Å². The summed E-state index contributed by atoms with van der Waals surface area (Å²) < 4.78 is 4.98. The van der Waals surface area contributed by atoms with Gasteiger partial charge in [-0.05, 0) is 23.8 Å². The number of nitrogens with zero attached hydrogens (tertiary/aromatic N) is 1. The van der Waals surface area contributed by atoms with Crippen LogP contribution in [0.1, 0.15) is 5.56 Å². The van der Waals surface area contributed by atoms with Gasteiger partial charge >= 0.3 is 0 Å². The Kier molecular flexibility index (Phi) is 3.52. The average molecular weight is 245 g/mol. The van der Waals surface area contributed by atoms with Gasteiger partial charge in [-0.1, -0.05) is 6.07 Å². The highest BCUT2D eigenvalue weighted by molar-refractivity contribution is 5.53. The van der Waals surface area contributed by atoms with E-state index in [1.807, 2.05) is 12.1 Å². The number of benzene rings is 1. The first-order chi connectivity index (χ1) is 8.69. The largest absolute Gasteiger partial charge is 0.506 e. The topological polar surface area (TPSA) is 80.4 Å². The molecular weight excluding hydrogens is 230 g/mol. The Labute approximate surface area is 105 Å². The zero-order chi connectivity index (χ0) is 13.0. The van der Waals surface area contributed by atoms with E-state index >= 15 is 0 Å². The van der Waals surface area contributed by atoms with Gasteiger partial charge < -0.3 is 20.9 Å². The number of aromatic hydroxyl groups is 1. The number of rotatable bonds is 4. The molecule has 0 spiro atoms. The number of anilines is 2. The fraction of sp³-hybridized carbons (Fsp3) is 0.154. The standard InChI is InChI=1S/C13H15N3O2/c1-18-13-5-3-10(8-16-13)15-7-9-2-4-11(14)12(17)6-9/h2-6,8,15,17H,7,14H2,1H3. The number of ether oxygens (including phenoxy) is 1. The van der Waals surface area contributed by atoms with Crippen LogP contribution >= 0.6 is 0 Å². The summed E-state index contributed by atoms with van der Waals surface area (Å²) in [5.74, 6) is 0.674. The van der Waals surface area contributed by atoms with Crippen LogP contribution in [0.4, 0.5) is 11.4 Å². The summed E-state index contributed by atoms with van der Waals surface area (Å²) in [6.07, 6.45) is 1.69. The first kappa shape index (κ1) is 12.0. The van der Waals surface area contributed by atoms with Gasteiger partial charge in [0.05, 0.1) is 24.7 Å². The maximum atomic E-state index is 9.48. The van der Waals surface area contributed by atoms with E-state index in [2.05, 4.69) is 10.3 Å². The van der Waals surface area contributed by atoms with E-state index in [0.717, 1.165) is 11.3 Å². The maximum Gasteiger partial charge on any atom is 0.213 e. The van der Waals surface area contributed by atoms with Gasteiger partial charge in [-0.3, -0.25) is 0 Å². The normalized spacial score (nSPS) is 10.1. The molecule has 0 aliphatic carbocycles. The van der Waals surface area contributed by atoms with Crippen LogP contribution in [-0.4, -0.2) is 17.2 Å². The van der Waals surface area contributed by atoms with Gasteiger partial charge in [-0.25, -0.2) is 4.98 Å². The smallest absolute Gasteiger partial charge is 0.213 e. The Balaban J connectivity index is 1.99. The lowest BCUT2D eigenvalue weighted by atomic mass is 10.2. The van der Waals surface area contributed by atoms with Crippen LogP contribution < -0.4 is 15.8 Å². The fourth-order valence-electron chi connectivity index (χ4n) is 1.51. The number of nitrogens with two attached hydrogens (primary N) is 1. The van der Waals surface area contributed by atoms with Gasteiger partial charge in [0.15, 0.2) is 0 Å². The van der Waals surface area contributed by atoms with Crippen LogP contribution in [0.15, 0.2) is 36.5 Å². The van der Waals surface area contributed by atoms with E-state index in [9.17, 15) is 5.11 Å². The number of methoxy groups -OCH3 is 1. The van der Waals surface area contributed by atoms with Crippen LogP contribution in [0, 0.1) is 0 Å². The van der Waals surface area contributed by atoms with E-state index < -0.39 is 0 Å². The first-order valence-corrected chi connectivity index (χ1v) is 5.50. The third kappa shape index (κ3) is 2.82. The monoisotopic (exact) mass is 245 g/mol. The summed E-state index contributed by atoms with van der Waals surface area (Å²) in [6, 6.07) is 8.84. The van der Waals surface area contributed by atoms with Gasteiger partial charge in [-0.15, -0.1) is 0 Å². The second-order valence-corrected chi connectivity index (χ2v) is 3.84. The molecule has 5 heteroatoms. The number of phenols is 1. The van der Waals surface area contributed by atoms with Crippen molar-refractivity contribution >= 4 is 11.4 Å². The molecule has 0 aliphatic rings. The van der Waals surface area contributed by atoms with Crippen LogP contribution in [0.5, 0.6) is 11.6 Å². The number of phenolic OH excluding ortho intramolecular Hbond substituents is 1. The summed E-state index contributed by atoms with van der Waals surface area (Å²) in [5.41, 5.74) is 7.74. The second-order valence-electron chi connectivity index (χ2n) is 3.84. The van der Waals surface area contributed by atoms with E-state index in [1.165, 1.54) is 0 Å². The minimum atomic E-state index is 0.0992. The van der Waals surface area contributed by atoms with Crippen LogP contribution in [0.25, 0.3) is 0 Å². The zero-order valence-corrected chi connectivity index (χ0v) is 10.1. The molecule has 4 N–H and O–H groups in total. The van der Waals surface area contributed by atoms with Crippen LogP contribution in [-0.2, 0) is 6.54 Å². The predicted octanol–water partition coefficient (Wildman–Crippen LogP) is 1.99. The number of nitrogens with one attached hydrogen (secondary N) is 1. The van der Waals surface area contributed by atoms with Gasteiger partial charge in [-0.2, -0.15) is 0 Å². The van der Waals surface area contributed by atoms with Crippen molar-refractivity contribution in [1.82, 2.24) is 4.98 Å². The molecule has 0 saturated carbocycles. The fourth-order valence-corrected chi connectivity index (χ4v) is 1.51. The van der Waals surface area contributed by atoms with Crippen molar-refractivity contribution in [3.05, 3.63) is 42.1 Å². The molecule has 0 unspecified atom stereocenters. The van der Waals surface area contributed by atoms with Crippen LogP contribution in [0.3, 0.4) is 0 Å². The minimum Gasteiger partial charge on any atom is -0.506 e. The highest BCUT2D eigenvalue weighted by atomic mass is 16.5. The number of aromatic nitrogens is 1. The van der Waals surface area contributed by atoms with Crippen molar-refractivity contribution in [2.45, 2.75) is 6.54 Å². The Bertz CT molecular complexity index is 526. The highest BCUT2D eigenvalue weighted by Gasteiger charge is 2.00. The van der Waals surface area contributed by atoms with Crippen molar-refractivity contribution in [2.24, 2.45) is 0 Å². The molecular formula is C13H15N3O2. The third-order valence-electron chi connectivity index (χ3n) is 2.54. The van der Waals surface area contributed by atoms with Crippen molar-refractivity contribution in [3.63, 3.8) is 0 Å². The van der Waals surface area contributed by atoms with Gasteiger partial charge in [0.2, 0.25) is 5.88 Å². The van der Waals surface area contributed by atoms with Crippen molar-refractivity contribution in [3.8, 4) is 11.6 Å². The molecule has 2 aromatic rings. The molecule has 2 rings (SSSR count). The van der Waals surface area contributed by atoms with Gasteiger partial charge in [0, 0.05) is 12.6 Å². The number of nitrogen functional groups attached to an aromatic ring is 1. The van der Waals surface area contributed by atoms with Crippen molar-refractivity contribution in [1.29, 1.82) is 0 Å². The molecule has 5 nitrogen and oxygen atoms in total. The molecule has 0 saturated heterocycles. The van der Waals surface area contributed by atoms with Crippen molar-refractivity contribution < 1.29 is 9.84 Å². The van der Waals surface area contributed by atoms with E-state index in [4.69, 9.17) is 10.5 Å². The summed E-state index contributed by atoms with van der Waals surface area (Å²) in [7, 11) is 1.58. The molecule has 0 aliphatic heterocycles. The Hall–Kier alpha value is -2.43. The van der Waals surface area contributed by atoms with Crippen LogP contribution in [0.2, 0.25) is 0 Å². The number of hydrogen-bond acceptors (Lipinski definition) is 5. The molecule has 0 atom stereocenters. The highest BCUT2D eigenvalue weighted by Crippen LogP contribution is 2.21. The third-order valence-corrected chi connectivity index (χ3v) is 2.54. The lowest BCUT2D eigenvalue weighted by Crippen LogP contribution is -2.00. The average Bonchev–Trinajstić information content (AvgIpc) is 2.41. The summed E-state index contributed by atoms with van der Waals surface area (Å²) in [4.78, 5) is 4.09. The van der Waals surface area contributed by atoms with Gasteiger partial charge in [0.25, 0.3) is 0 Å². The number of hydrogen-bond donors (Lipinski definition) is 3. The second kappa shape index (κ2) is 5.27. The Morgan fingerprint density at radius 1 is 1.33 bits per heavy atom. The zero-order valence-electron chi connectivity index (χ0n) is 10.1. The van der Waals surface area contributed by atoms with E-state index in [1.54, 1.807) is 31.5 Å². The lowest BCUT2D eigenvalue weighted by molar-refractivity contribution is 0.398. The quantitative estimate of drug-likeness (QED) is 0.567. The molecule has 1 aromatic carbocycles. The molecule has 18 heavy (non-hydrogen) atoms. The Morgan fingerprint density at radius 2 is 2.17 bits per heavy atom. The molecule has 0 radical (unpaired) electrons. The van der Waals surface area contributed by atoms with Gasteiger partial charge in [0.1, 0.15) is 5.75 Å². The molecule has 94 valence electrons. The first-order valence-electron chi connectivity index (χ1n) is 5.50. The van der Waals surface area contributed by atoms with Crippen molar-refractivity contribution in [2.75, 3.05) is 18.2 Å². The number of pyridine rings is 1. The summed E-state index contributed by atoms with van der Waals surface area (Å²) in [6.45, 7) is 0.585. The SMILES string of the molecule is COc1ccc(NCc2ccc(N)c(O)c2)cn1. The molecule has 0 bridgehead atoms. The van der Waals surface area contributed by atoms with E-state index in [-0.39, 0.29) is 5.75 Å². The molecule has 0 amide bonds. The minimum absolute atomic E-state index is 0.0992.